The van der Waals surface area contributed by atoms with Crippen LogP contribution in [0.2, 0.25) is 0 Å². The highest BCUT2D eigenvalue weighted by Gasteiger charge is 2.27. The van der Waals surface area contributed by atoms with Gasteiger partial charge in [0.1, 0.15) is 0 Å². The minimum Gasteiger partial charge on any atom is -0.331 e. The van der Waals surface area contributed by atoms with E-state index in [2.05, 4.69) is 52.4 Å². The third-order valence-electron chi connectivity index (χ3n) is 4.47. The molecular weight excluding hydrogens is 352 g/mol. The van der Waals surface area contributed by atoms with Crippen LogP contribution in [-0.4, -0.2) is 17.5 Å². The van der Waals surface area contributed by atoms with E-state index in [-0.39, 0.29) is 18.1 Å². The Labute approximate surface area is 145 Å². The van der Waals surface area contributed by atoms with Crippen molar-refractivity contribution in [1.82, 2.24) is 10.2 Å². The smallest absolute Gasteiger partial charge is 0.318 e. The molecule has 2 aromatic carbocycles. The third kappa shape index (κ3) is 3.75. The fourth-order valence-electron chi connectivity index (χ4n) is 3.10. The number of urea groups is 1. The van der Waals surface area contributed by atoms with Crippen molar-refractivity contribution in [1.29, 1.82) is 0 Å². The Bertz CT molecular complexity index is 657. The average molecular weight is 373 g/mol. The number of benzene rings is 2. The molecule has 2 amide bonds. The molecule has 2 aromatic rings. The van der Waals surface area contributed by atoms with Crippen LogP contribution in [0.25, 0.3) is 0 Å². The number of carbonyl (C=O) groups excluding carboxylic acids is 1. The van der Waals surface area contributed by atoms with Gasteiger partial charge in [0.2, 0.25) is 0 Å². The van der Waals surface area contributed by atoms with Crippen LogP contribution >= 0.6 is 15.9 Å². The Morgan fingerprint density at radius 2 is 1.83 bits per heavy atom. The van der Waals surface area contributed by atoms with Crippen molar-refractivity contribution in [3.05, 3.63) is 70.2 Å². The van der Waals surface area contributed by atoms with E-state index in [9.17, 15) is 4.79 Å². The van der Waals surface area contributed by atoms with Gasteiger partial charge in [0.05, 0.1) is 12.1 Å². The normalized spacial score (nSPS) is 19.8. The lowest BCUT2D eigenvalue weighted by molar-refractivity contribution is 0.183. The molecule has 120 valence electrons. The SMILES string of the molecule is CC(c1ccc(Br)cc1)N1CCCC(c2ccccc2)NC1=O. The molecule has 0 bridgehead atoms. The van der Waals surface area contributed by atoms with E-state index in [1.54, 1.807) is 0 Å². The molecule has 2 atom stereocenters. The Hall–Kier alpha value is -1.81. The molecule has 23 heavy (non-hydrogen) atoms. The number of halogens is 1. The van der Waals surface area contributed by atoms with Gasteiger partial charge in [0, 0.05) is 11.0 Å². The monoisotopic (exact) mass is 372 g/mol. The molecule has 1 N–H and O–H groups in total. The Kier molecular flexibility index (Phi) is 5.01. The Morgan fingerprint density at radius 1 is 1.13 bits per heavy atom. The van der Waals surface area contributed by atoms with Gasteiger partial charge in [-0.1, -0.05) is 58.4 Å². The lowest BCUT2D eigenvalue weighted by Gasteiger charge is -2.28. The summed E-state index contributed by atoms with van der Waals surface area (Å²) in [5.41, 5.74) is 2.33. The second kappa shape index (κ2) is 7.18. The summed E-state index contributed by atoms with van der Waals surface area (Å²) in [5.74, 6) is 0. The molecule has 4 heteroatoms. The van der Waals surface area contributed by atoms with Crippen LogP contribution in [0, 0.1) is 0 Å². The van der Waals surface area contributed by atoms with Gasteiger partial charge in [-0.05, 0) is 43.0 Å². The fraction of sp³-hybridized carbons (Fsp3) is 0.316. The zero-order valence-corrected chi connectivity index (χ0v) is 14.8. The number of hydrogen-bond donors (Lipinski definition) is 1. The van der Waals surface area contributed by atoms with Crippen molar-refractivity contribution in [3.8, 4) is 0 Å². The molecule has 3 nitrogen and oxygen atoms in total. The zero-order chi connectivity index (χ0) is 16.2. The highest BCUT2D eigenvalue weighted by atomic mass is 79.9. The predicted molar refractivity (Wildman–Crippen MR) is 96.2 cm³/mol. The molecular formula is C19H21BrN2O. The second-order valence-electron chi connectivity index (χ2n) is 5.98. The van der Waals surface area contributed by atoms with Crippen LogP contribution in [0.3, 0.4) is 0 Å². The minimum absolute atomic E-state index is 0.0202. The van der Waals surface area contributed by atoms with Gasteiger partial charge < -0.3 is 10.2 Å². The van der Waals surface area contributed by atoms with E-state index in [4.69, 9.17) is 0 Å². The first-order chi connectivity index (χ1) is 11.1. The summed E-state index contributed by atoms with van der Waals surface area (Å²) in [6, 6.07) is 18.6. The van der Waals surface area contributed by atoms with E-state index in [1.165, 1.54) is 5.56 Å². The number of carbonyl (C=O) groups is 1. The molecule has 1 heterocycles. The van der Waals surface area contributed by atoms with Gasteiger partial charge in [-0.2, -0.15) is 0 Å². The number of hydrogen-bond acceptors (Lipinski definition) is 1. The standard InChI is InChI=1S/C19H21BrN2O/c1-14(15-9-11-17(20)12-10-15)22-13-5-8-18(21-19(22)23)16-6-3-2-4-7-16/h2-4,6-7,9-12,14,18H,5,8,13H2,1H3,(H,21,23). The Morgan fingerprint density at radius 3 is 2.52 bits per heavy atom. The predicted octanol–water partition coefficient (Wildman–Crippen LogP) is 5.06. The third-order valence-corrected chi connectivity index (χ3v) is 5.00. The molecule has 2 unspecified atom stereocenters. The molecule has 0 aliphatic carbocycles. The van der Waals surface area contributed by atoms with Gasteiger partial charge in [0.15, 0.2) is 0 Å². The summed E-state index contributed by atoms with van der Waals surface area (Å²) in [6.07, 6.45) is 1.97. The van der Waals surface area contributed by atoms with E-state index in [0.29, 0.717) is 0 Å². The highest BCUT2D eigenvalue weighted by Crippen LogP contribution is 2.27. The molecule has 0 aromatic heterocycles. The van der Waals surface area contributed by atoms with E-state index < -0.39 is 0 Å². The Balaban J connectivity index is 1.75. The van der Waals surface area contributed by atoms with Gasteiger partial charge >= 0.3 is 6.03 Å². The maximum atomic E-state index is 12.7. The first-order valence-electron chi connectivity index (χ1n) is 8.02. The topological polar surface area (TPSA) is 32.3 Å². The van der Waals surface area contributed by atoms with Crippen molar-refractivity contribution >= 4 is 22.0 Å². The summed E-state index contributed by atoms with van der Waals surface area (Å²) < 4.78 is 1.05. The lowest BCUT2D eigenvalue weighted by atomic mass is 10.0. The van der Waals surface area contributed by atoms with Gasteiger partial charge in [-0.15, -0.1) is 0 Å². The molecule has 1 fully saturated rings. The summed E-state index contributed by atoms with van der Waals surface area (Å²) in [5, 5.41) is 3.19. The average Bonchev–Trinajstić information content (AvgIpc) is 2.77. The molecule has 0 spiro atoms. The van der Waals surface area contributed by atoms with Crippen LogP contribution in [0.15, 0.2) is 59.1 Å². The quantitative estimate of drug-likeness (QED) is 0.802. The van der Waals surface area contributed by atoms with Crippen molar-refractivity contribution in [2.75, 3.05) is 6.54 Å². The van der Waals surface area contributed by atoms with Crippen LogP contribution in [0.4, 0.5) is 4.79 Å². The second-order valence-corrected chi connectivity index (χ2v) is 6.89. The van der Waals surface area contributed by atoms with Gasteiger partial charge in [-0.3, -0.25) is 0 Å². The van der Waals surface area contributed by atoms with E-state index in [1.807, 2.05) is 35.2 Å². The maximum Gasteiger partial charge on any atom is 0.318 e. The number of nitrogens with zero attached hydrogens (tertiary/aromatic N) is 1. The maximum absolute atomic E-state index is 12.7. The van der Waals surface area contributed by atoms with Crippen LogP contribution in [-0.2, 0) is 0 Å². The van der Waals surface area contributed by atoms with E-state index in [0.717, 1.165) is 29.4 Å². The largest absolute Gasteiger partial charge is 0.331 e. The fourth-order valence-corrected chi connectivity index (χ4v) is 3.36. The summed E-state index contributed by atoms with van der Waals surface area (Å²) in [6.45, 7) is 2.87. The van der Waals surface area contributed by atoms with Gasteiger partial charge in [0.25, 0.3) is 0 Å². The molecule has 1 aliphatic rings. The van der Waals surface area contributed by atoms with Crippen molar-refractivity contribution in [2.24, 2.45) is 0 Å². The van der Waals surface area contributed by atoms with Crippen molar-refractivity contribution in [3.63, 3.8) is 0 Å². The van der Waals surface area contributed by atoms with Crippen molar-refractivity contribution < 1.29 is 4.79 Å². The van der Waals surface area contributed by atoms with Crippen LogP contribution < -0.4 is 5.32 Å². The number of rotatable bonds is 3. The van der Waals surface area contributed by atoms with E-state index >= 15 is 0 Å². The first kappa shape index (κ1) is 16.1. The molecule has 1 saturated heterocycles. The lowest BCUT2D eigenvalue weighted by Crippen LogP contribution is -2.40. The van der Waals surface area contributed by atoms with Crippen LogP contribution in [0.5, 0.6) is 0 Å². The number of nitrogens with one attached hydrogen (secondary N) is 1. The molecule has 3 rings (SSSR count). The van der Waals surface area contributed by atoms with Crippen LogP contribution in [0.1, 0.15) is 43.0 Å². The van der Waals surface area contributed by atoms with Gasteiger partial charge in [-0.25, -0.2) is 4.79 Å². The molecule has 0 saturated carbocycles. The minimum atomic E-state index is 0.0202. The first-order valence-corrected chi connectivity index (χ1v) is 8.82. The zero-order valence-electron chi connectivity index (χ0n) is 13.2. The number of amides is 2. The van der Waals surface area contributed by atoms with Crippen molar-refractivity contribution in [2.45, 2.75) is 31.8 Å². The summed E-state index contributed by atoms with van der Waals surface area (Å²) in [7, 11) is 0. The molecule has 1 aliphatic heterocycles. The summed E-state index contributed by atoms with van der Waals surface area (Å²) in [4.78, 5) is 14.6. The highest BCUT2D eigenvalue weighted by molar-refractivity contribution is 9.10. The summed E-state index contributed by atoms with van der Waals surface area (Å²) >= 11 is 3.46. The molecule has 0 radical (unpaired) electrons.